The Morgan fingerprint density at radius 2 is 1.85 bits per heavy atom. The van der Waals surface area contributed by atoms with Crippen LogP contribution >= 0.6 is 0 Å². The van der Waals surface area contributed by atoms with Gasteiger partial charge in [0.25, 0.3) is 0 Å². The number of carbonyl (C=O) groups is 1. The standard InChI is InChI=1S/C30H36N6O3/c1-20(21-7-8-21)39-30(37)34-23-11-9-22(10-12-23)29-28(31)26-14-13-25(17-27(26)36(29)24-5-4-6-24)38-16-3-2-15-35-18-32-33-19-35/h9-14,17-21,24H,2-8,15-16,31H2,1H3,(H,34,37). The monoisotopic (exact) mass is 528 g/mol. The fraction of sp³-hybridized carbons (Fsp3) is 0.433. The van der Waals surface area contributed by atoms with E-state index in [1.807, 2.05) is 41.8 Å². The van der Waals surface area contributed by atoms with Gasteiger partial charge in [0.1, 0.15) is 24.5 Å². The van der Waals surface area contributed by atoms with Crippen LogP contribution in [0.4, 0.5) is 16.2 Å². The molecule has 1 unspecified atom stereocenters. The Labute approximate surface area is 228 Å². The van der Waals surface area contributed by atoms with Gasteiger partial charge in [-0.25, -0.2) is 4.79 Å². The Morgan fingerprint density at radius 3 is 2.54 bits per heavy atom. The Balaban J connectivity index is 1.18. The van der Waals surface area contributed by atoms with Gasteiger partial charge in [0.2, 0.25) is 0 Å². The molecule has 2 aliphatic carbocycles. The van der Waals surface area contributed by atoms with Crippen molar-refractivity contribution in [2.75, 3.05) is 17.7 Å². The third-order valence-electron chi connectivity index (χ3n) is 7.98. The minimum absolute atomic E-state index is 0.0454. The molecule has 204 valence electrons. The molecule has 0 aliphatic heterocycles. The number of hydrogen-bond acceptors (Lipinski definition) is 6. The first-order chi connectivity index (χ1) is 19.1. The number of benzene rings is 2. The van der Waals surface area contributed by atoms with Gasteiger partial charge >= 0.3 is 6.09 Å². The molecule has 0 bridgehead atoms. The number of aromatic nitrogens is 4. The van der Waals surface area contributed by atoms with Crippen LogP contribution < -0.4 is 15.8 Å². The van der Waals surface area contributed by atoms with Crippen molar-refractivity contribution in [3.63, 3.8) is 0 Å². The second-order valence-corrected chi connectivity index (χ2v) is 10.8. The number of nitrogens with zero attached hydrogens (tertiary/aromatic N) is 4. The molecule has 2 aliphatic rings. The van der Waals surface area contributed by atoms with Crippen LogP contribution in [-0.2, 0) is 11.3 Å². The van der Waals surface area contributed by atoms with E-state index in [2.05, 4.69) is 32.2 Å². The highest BCUT2D eigenvalue weighted by Crippen LogP contribution is 2.45. The summed E-state index contributed by atoms with van der Waals surface area (Å²) in [5.41, 5.74) is 11.4. The van der Waals surface area contributed by atoms with Crippen molar-refractivity contribution in [1.29, 1.82) is 0 Å². The van der Waals surface area contributed by atoms with Crippen LogP contribution in [0, 0.1) is 5.92 Å². The van der Waals surface area contributed by atoms with E-state index in [1.165, 1.54) is 6.42 Å². The minimum atomic E-state index is -0.406. The van der Waals surface area contributed by atoms with E-state index < -0.39 is 6.09 Å². The van der Waals surface area contributed by atoms with Crippen molar-refractivity contribution in [3.05, 3.63) is 55.1 Å². The summed E-state index contributed by atoms with van der Waals surface area (Å²) in [6, 6.07) is 14.5. The molecule has 2 aromatic carbocycles. The SMILES string of the molecule is CC(OC(=O)Nc1ccc(-c2c(N)c3ccc(OCCCCn4cnnc4)cc3n2C2CCC2)cc1)C1CC1. The van der Waals surface area contributed by atoms with Crippen LogP contribution in [0.25, 0.3) is 22.2 Å². The first kappa shape index (κ1) is 25.3. The minimum Gasteiger partial charge on any atom is -0.494 e. The summed E-state index contributed by atoms with van der Waals surface area (Å²) in [6.07, 6.45) is 10.7. The second-order valence-electron chi connectivity index (χ2n) is 10.8. The predicted molar refractivity (Wildman–Crippen MR) is 152 cm³/mol. The summed E-state index contributed by atoms with van der Waals surface area (Å²) >= 11 is 0. The van der Waals surface area contributed by atoms with E-state index in [9.17, 15) is 4.79 Å². The predicted octanol–water partition coefficient (Wildman–Crippen LogP) is 6.41. The Bertz CT molecular complexity index is 1420. The third kappa shape index (κ3) is 5.57. The molecule has 0 spiro atoms. The van der Waals surface area contributed by atoms with Crippen LogP contribution in [0.15, 0.2) is 55.1 Å². The maximum absolute atomic E-state index is 12.3. The number of nitrogens with two attached hydrogens (primary N) is 1. The number of ether oxygens (including phenoxy) is 2. The van der Waals surface area contributed by atoms with Gasteiger partial charge in [-0.1, -0.05) is 12.1 Å². The van der Waals surface area contributed by atoms with Crippen LogP contribution in [0.3, 0.4) is 0 Å². The molecule has 6 rings (SSSR count). The van der Waals surface area contributed by atoms with Gasteiger partial charge in [-0.05, 0) is 82.1 Å². The molecular weight excluding hydrogens is 492 g/mol. The quantitative estimate of drug-likeness (QED) is 0.218. The molecule has 39 heavy (non-hydrogen) atoms. The highest BCUT2D eigenvalue weighted by atomic mass is 16.6. The summed E-state index contributed by atoms with van der Waals surface area (Å²) in [7, 11) is 0. The topological polar surface area (TPSA) is 109 Å². The van der Waals surface area contributed by atoms with Crippen LogP contribution in [-0.4, -0.2) is 38.1 Å². The number of unbranched alkanes of at least 4 members (excludes halogenated alkanes) is 1. The van der Waals surface area contributed by atoms with E-state index in [0.29, 0.717) is 24.3 Å². The fourth-order valence-electron chi connectivity index (χ4n) is 5.34. The zero-order valence-corrected chi connectivity index (χ0v) is 22.4. The molecule has 4 aromatic rings. The Kier molecular flexibility index (Phi) is 7.13. The summed E-state index contributed by atoms with van der Waals surface area (Å²) in [5, 5.41) is 11.6. The fourth-order valence-corrected chi connectivity index (χ4v) is 5.34. The van der Waals surface area contributed by atoms with Crippen LogP contribution in [0.2, 0.25) is 0 Å². The van der Waals surface area contributed by atoms with Crippen molar-refractivity contribution in [2.45, 2.75) is 70.6 Å². The molecule has 2 saturated carbocycles. The first-order valence-electron chi connectivity index (χ1n) is 14.0. The van der Waals surface area contributed by atoms with Crippen molar-refractivity contribution in [1.82, 2.24) is 19.3 Å². The van der Waals surface area contributed by atoms with E-state index in [0.717, 1.165) is 78.7 Å². The lowest BCUT2D eigenvalue weighted by atomic mass is 9.92. The first-order valence-corrected chi connectivity index (χ1v) is 14.0. The van der Waals surface area contributed by atoms with Gasteiger partial charge in [-0.2, -0.15) is 0 Å². The number of anilines is 2. The second kappa shape index (κ2) is 11.0. The summed E-state index contributed by atoms with van der Waals surface area (Å²) < 4.78 is 16.0. The number of nitrogen functional groups attached to an aromatic ring is 1. The molecule has 2 aromatic heterocycles. The van der Waals surface area contributed by atoms with Gasteiger partial charge in [-0.3, -0.25) is 5.32 Å². The van der Waals surface area contributed by atoms with Gasteiger partial charge in [0.15, 0.2) is 0 Å². The van der Waals surface area contributed by atoms with Crippen molar-refractivity contribution < 1.29 is 14.3 Å². The average Bonchev–Trinajstić information content (AvgIpc) is 3.56. The summed E-state index contributed by atoms with van der Waals surface area (Å²) in [5.74, 6) is 1.36. The lowest BCUT2D eigenvalue weighted by Crippen LogP contribution is -2.21. The van der Waals surface area contributed by atoms with Gasteiger partial charge < -0.3 is 24.3 Å². The molecule has 9 nitrogen and oxygen atoms in total. The van der Waals surface area contributed by atoms with E-state index in [4.69, 9.17) is 15.2 Å². The van der Waals surface area contributed by atoms with E-state index >= 15 is 0 Å². The molecule has 3 N–H and O–H groups in total. The van der Waals surface area contributed by atoms with Crippen LogP contribution in [0.5, 0.6) is 5.75 Å². The number of nitrogens with one attached hydrogen (secondary N) is 1. The molecule has 0 saturated heterocycles. The lowest BCUT2D eigenvalue weighted by molar-refractivity contribution is 0.108. The zero-order valence-electron chi connectivity index (χ0n) is 22.4. The number of fused-ring (bicyclic) bond motifs is 1. The van der Waals surface area contributed by atoms with Gasteiger partial charge in [0.05, 0.1) is 23.5 Å². The van der Waals surface area contributed by atoms with E-state index in [-0.39, 0.29) is 6.10 Å². The number of aryl methyl sites for hydroxylation is 1. The maximum atomic E-state index is 12.3. The molecule has 0 radical (unpaired) electrons. The maximum Gasteiger partial charge on any atom is 0.411 e. The van der Waals surface area contributed by atoms with Gasteiger partial charge in [0, 0.05) is 35.3 Å². The number of hydrogen-bond donors (Lipinski definition) is 2. The average molecular weight is 529 g/mol. The number of carbonyl (C=O) groups excluding carboxylic acids is 1. The van der Waals surface area contributed by atoms with E-state index in [1.54, 1.807) is 12.7 Å². The summed E-state index contributed by atoms with van der Waals surface area (Å²) in [6.45, 7) is 3.49. The highest BCUT2D eigenvalue weighted by Gasteiger charge is 2.31. The van der Waals surface area contributed by atoms with Crippen molar-refractivity contribution >= 4 is 28.4 Å². The third-order valence-corrected chi connectivity index (χ3v) is 7.98. The van der Waals surface area contributed by atoms with Crippen LogP contribution in [0.1, 0.15) is 57.9 Å². The highest BCUT2D eigenvalue weighted by molar-refractivity contribution is 6.01. The molecule has 1 amide bonds. The normalized spacial score (nSPS) is 16.1. The number of amides is 1. The zero-order chi connectivity index (χ0) is 26.8. The molecule has 2 fully saturated rings. The van der Waals surface area contributed by atoms with Gasteiger partial charge in [-0.15, -0.1) is 10.2 Å². The molecular formula is C30H36N6O3. The molecule has 2 heterocycles. The Hall–Kier alpha value is -4.01. The molecule has 1 atom stereocenters. The smallest absolute Gasteiger partial charge is 0.411 e. The lowest BCUT2D eigenvalue weighted by Gasteiger charge is -2.30. The Morgan fingerprint density at radius 1 is 1.08 bits per heavy atom. The number of rotatable bonds is 11. The van der Waals surface area contributed by atoms with Crippen molar-refractivity contribution in [2.24, 2.45) is 5.92 Å². The molecule has 9 heteroatoms. The summed E-state index contributed by atoms with van der Waals surface area (Å²) in [4.78, 5) is 12.3. The largest absolute Gasteiger partial charge is 0.494 e. The van der Waals surface area contributed by atoms with Crippen molar-refractivity contribution in [3.8, 4) is 17.0 Å².